The van der Waals surface area contributed by atoms with Crippen LogP contribution in [-0.4, -0.2) is 31.4 Å². The van der Waals surface area contributed by atoms with Gasteiger partial charge in [0, 0.05) is 18.6 Å². The topological polar surface area (TPSA) is 57.6 Å². The Morgan fingerprint density at radius 3 is 2.53 bits per heavy atom. The number of benzene rings is 1. The first-order valence-corrected chi connectivity index (χ1v) is 8.11. The number of nitrogens with zero attached hydrogens (tertiary/aromatic N) is 1. The number of hydrogen-bond donors (Lipinski definition) is 1. The molecule has 4 nitrogen and oxygen atoms in total. The smallest absolute Gasteiger partial charge is 0.244 e. The summed E-state index contributed by atoms with van der Waals surface area (Å²) < 4.78 is 26.2. The maximum Gasteiger partial charge on any atom is 0.244 e. The molecule has 0 saturated heterocycles. The van der Waals surface area contributed by atoms with Crippen LogP contribution in [0.5, 0.6) is 0 Å². The average molecular weight is 324 g/mol. The highest BCUT2D eigenvalue weighted by molar-refractivity contribution is 7.89. The second kappa shape index (κ2) is 5.58. The molecule has 0 atom stereocenters. The van der Waals surface area contributed by atoms with E-state index in [4.69, 9.17) is 23.2 Å². The van der Waals surface area contributed by atoms with Crippen LogP contribution in [0.25, 0.3) is 0 Å². The van der Waals surface area contributed by atoms with Crippen LogP contribution in [0.2, 0.25) is 10.0 Å². The third-order valence-corrected chi connectivity index (χ3v) is 5.77. The first-order chi connectivity index (χ1) is 8.86. The fourth-order valence-corrected chi connectivity index (χ4v) is 3.99. The van der Waals surface area contributed by atoms with Crippen molar-refractivity contribution >= 4 is 33.2 Å². The largest absolute Gasteiger partial charge is 0.392 e. The first kappa shape index (κ1) is 15.1. The molecule has 0 spiro atoms. The standard InChI is InChI=1S/C12H15Cl2NO3S/c1-15(6-8-2-3-8)19(17,18)11-5-10(13)4-9(7-16)12(11)14/h4-5,8,16H,2-3,6-7H2,1H3. The Morgan fingerprint density at radius 2 is 2.00 bits per heavy atom. The molecule has 0 heterocycles. The number of rotatable bonds is 5. The van der Waals surface area contributed by atoms with Crippen molar-refractivity contribution in [3.05, 3.63) is 27.7 Å². The van der Waals surface area contributed by atoms with Gasteiger partial charge < -0.3 is 5.11 Å². The lowest BCUT2D eigenvalue weighted by molar-refractivity contribution is 0.281. The van der Waals surface area contributed by atoms with E-state index in [0.29, 0.717) is 18.0 Å². The highest BCUT2D eigenvalue weighted by Crippen LogP contribution is 2.34. The van der Waals surface area contributed by atoms with Crippen molar-refractivity contribution in [2.75, 3.05) is 13.6 Å². The maximum atomic E-state index is 12.4. The summed E-state index contributed by atoms with van der Waals surface area (Å²) in [7, 11) is -2.14. The second-order valence-corrected chi connectivity index (χ2v) is 7.59. The van der Waals surface area contributed by atoms with E-state index in [0.717, 1.165) is 12.8 Å². The summed E-state index contributed by atoms with van der Waals surface area (Å²) in [5.41, 5.74) is 0.313. The fourth-order valence-electron chi connectivity index (χ4n) is 1.85. The minimum atomic E-state index is -3.67. The molecule has 1 fully saturated rings. The van der Waals surface area contributed by atoms with Crippen molar-refractivity contribution < 1.29 is 13.5 Å². The van der Waals surface area contributed by atoms with Crippen molar-refractivity contribution in [1.82, 2.24) is 4.31 Å². The minimum Gasteiger partial charge on any atom is -0.392 e. The molecule has 0 amide bonds. The van der Waals surface area contributed by atoms with E-state index in [2.05, 4.69) is 0 Å². The summed E-state index contributed by atoms with van der Waals surface area (Å²) in [6, 6.07) is 2.78. The number of hydrogen-bond acceptors (Lipinski definition) is 3. The van der Waals surface area contributed by atoms with Crippen molar-refractivity contribution in [3.63, 3.8) is 0 Å². The zero-order valence-corrected chi connectivity index (χ0v) is 12.8. The van der Waals surface area contributed by atoms with Crippen LogP contribution in [0.15, 0.2) is 17.0 Å². The van der Waals surface area contributed by atoms with Gasteiger partial charge >= 0.3 is 0 Å². The van der Waals surface area contributed by atoms with Gasteiger partial charge in [-0.05, 0) is 36.5 Å². The van der Waals surface area contributed by atoms with Crippen LogP contribution in [0.4, 0.5) is 0 Å². The monoisotopic (exact) mass is 323 g/mol. The van der Waals surface area contributed by atoms with Crippen molar-refractivity contribution in [2.45, 2.75) is 24.3 Å². The lowest BCUT2D eigenvalue weighted by Gasteiger charge is -2.18. The highest BCUT2D eigenvalue weighted by atomic mass is 35.5. The molecule has 2 rings (SSSR count). The molecule has 1 saturated carbocycles. The molecule has 0 bridgehead atoms. The Hall–Kier alpha value is -0.330. The Bertz CT molecular complexity index is 585. The van der Waals surface area contributed by atoms with Crippen molar-refractivity contribution in [3.8, 4) is 0 Å². The van der Waals surface area contributed by atoms with Crippen LogP contribution >= 0.6 is 23.2 Å². The van der Waals surface area contributed by atoms with E-state index >= 15 is 0 Å². The van der Waals surface area contributed by atoms with Crippen LogP contribution in [0, 0.1) is 5.92 Å². The van der Waals surface area contributed by atoms with E-state index in [-0.39, 0.29) is 21.5 Å². The molecule has 19 heavy (non-hydrogen) atoms. The van der Waals surface area contributed by atoms with Crippen molar-refractivity contribution in [1.29, 1.82) is 0 Å². The summed E-state index contributed by atoms with van der Waals surface area (Å²) in [4.78, 5) is -0.0473. The molecule has 1 N–H and O–H groups in total. The van der Waals surface area contributed by atoms with E-state index in [1.165, 1.54) is 23.5 Å². The summed E-state index contributed by atoms with van der Waals surface area (Å²) in [6.07, 6.45) is 2.12. The lowest BCUT2D eigenvalue weighted by Crippen LogP contribution is -2.29. The van der Waals surface area contributed by atoms with Gasteiger partial charge in [0.05, 0.1) is 11.6 Å². The van der Waals surface area contributed by atoms with E-state index < -0.39 is 10.0 Å². The Labute approximate surface area is 123 Å². The second-order valence-electron chi connectivity index (χ2n) is 4.76. The van der Waals surface area contributed by atoms with E-state index in [1.54, 1.807) is 0 Å². The minimum absolute atomic E-state index is 0.0366. The van der Waals surface area contributed by atoms with Crippen LogP contribution in [0.1, 0.15) is 18.4 Å². The van der Waals surface area contributed by atoms with E-state index in [9.17, 15) is 13.5 Å². The molecule has 0 aliphatic heterocycles. The average Bonchev–Trinajstić information content (AvgIpc) is 3.15. The molecular weight excluding hydrogens is 309 g/mol. The van der Waals surface area contributed by atoms with Gasteiger partial charge in [0.25, 0.3) is 0 Å². The summed E-state index contributed by atoms with van der Waals surface area (Å²) in [5.74, 6) is 0.440. The molecule has 1 aromatic carbocycles. The molecule has 7 heteroatoms. The number of aliphatic hydroxyl groups excluding tert-OH is 1. The van der Waals surface area contributed by atoms with Crippen molar-refractivity contribution in [2.24, 2.45) is 5.92 Å². The molecule has 106 valence electrons. The van der Waals surface area contributed by atoms with Gasteiger partial charge in [0.2, 0.25) is 10.0 Å². The van der Waals surface area contributed by atoms with Gasteiger partial charge in [-0.1, -0.05) is 23.2 Å². The highest BCUT2D eigenvalue weighted by Gasteiger charge is 2.31. The van der Waals surface area contributed by atoms with Crippen LogP contribution in [-0.2, 0) is 16.6 Å². The van der Waals surface area contributed by atoms with Gasteiger partial charge in [-0.25, -0.2) is 12.7 Å². The predicted molar refractivity (Wildman–Crippen MR) is 74.9 cm³/mol. The normalized spacial score (nSPS) is 16.1. The Kier molecular flexibility index (Phi) is 4.42. The molecule has 0 unspecified atom stereocenters. The van der Waals surface area contributed by atoms with Gasteiger partial charge in [-0.2, -0.15) is 0 Å². The Balaban J connectivity index is 2.41. The summed E-state index contributed by atoms with van der Waals surface area (Å²) >= 11 is 11.9. The molecular formula is C12H15Cl2NO3S. The molecule has 0 radical (unpaired) electrons. The van der Waals surface area contributed by atoms with Gasteiger partial charge in [-0.3, -0.25) is 0 Å². The zero-order chi connectivity index (χ0) is 14.2. The number of sulfonamides is 1. The summed E-state index contributed by atoms with van der Waals surface area (Å²) in [5, 5.41) is 9.45. The van der Waals surface area contributed by atoms with E-state index in [1.807, 2.05) is 0 Å². The van der Waals surface area contributed by atoms with Gasteiger partial charge in [-0.15, -0.1) is 0 Å². The SMILES string of the molecule is CN(CC1CC1)S(=O)(=O)c1cc(Cl)cc(CO)c1Cl. The third-order valence-electron chi connectivity index (χ3n) is 3.15. The first-order valence-electron chi connectivity index (χ1n) is 5.91. The quantitative estimate of drug-likeness (QED) is 0.905. The maximum absolute atomic E-state index is 12.4. The van der Waals surface area contributed by atoms with Crippen LogP contribution in [0.3, 0.4) is 0 Å². The third kappa shape index (κ3) is 3.23. The van der Waals surface area contributed by atoms with Crippen LogP contribution < -0.4 is 0 Å². The molecule has 1 aliphatic rings. The predicted octanol–water partition coefficient (Wildman–Crippen LogP) is 2.52. The van der Waals surface area contributed by atoms with Gasteiger partial charge in [0.1, 0.15) is 4.90 Å². The fraction of sp³-hybridized carbons (Fsp3) is 0.500. The molecule has 1 aliphatic carbocycles. The molecule has 1 aromatic rings. The molecule has 0 aromatic heterocycles. The Morgan fingerprint density at radius 1 is 1.37 bits per heavy atom. The zero-order valence-electron chi connectivity index (χ0n) is 10.4. The number of halogens is 2. The lowest BCUT2D eigenvalue weighted by atomic mass is 10.2. The van der Waals surface area contributed by atoms with Gasteiger partial charge in [0.15, 0.2) is 0 Å². The number of aliphatic hydroxyl groups is 1. The summed E-state index contributed by atoms with van der Waals surface area (Å²) in [6.45, 7) is 0.133.